The molecule has 0 saturated carbocycles. The molecule has 1 aromatic heterocycles. The van der Waals surface area contributed by atoms with E-state index in [1.807, 2.05) is 21.0 Å². The summed E-state index contributed by atoms with van der Waals surface area (Å²) in [5.41, 5.74) is 0. The van der Waals surface area contributed by atoms with Crippen molar-refractivity contribution in [2.75, 3.05) is 37.9 Å². The zero-order chi connectivity index (χ0) is 21.6. The standard InChI is InChI=1S/C19H35N5O3S2/c1-6-9-11-24-18(16(7-2)22(4)5)20-21-19(24)28-13-17(25)23(8-3)15-10-12-29(26,27)14-15/h15-16H,6-14H2,1-5H3/t15-,16-/m0/s1. The molecule has 1 aliphatic rings. The van der Waals surface area contributed by atoms with Crippen LogP contribution in [0.1, 0.15) is 58.3 Å². The maximum Gasteiger partial charge on any atom is 0.233 e. The first-order valence-corrected chi connectivity index (χ1v) is 13.3. The molecule has 2 rings (SSSR count). The van der Waals surface area contributed by atoms with E-state index < -0.39 is 9.84 Å². The average molecular weight is 446 g/mol. The van der Waals surface area contributed by atoms with Gasteiger partial charge in [-0.2, -0.15) is 0 Å². The Morgan fingerprint density at radius 2 is 2.00 bits per heavy atom. The van der Waals surface area contributed by atoms with Gasteiger partial charge in [-0.3, -0.25) is 9.69 Å². The van der Waals surface area contributed by atoms with Gasteiger partial charge < -0.3 is 9.47 Å². The fourth-order valence-corrected chi connectivity index (χ4v) is 6.42. The predicted octanol–water partition coefficient (Wildman–Crippen LogP) is 2.22. The second-order valence-electron chi connectivity index (χ2n) is 7.76. The maximum absolute atomic E-state index is 12.8. The van der Waals surface area contributed by atoms with Crippen LogP contribution in [0.3, 0.4) is 0 Å². The van der Waals surface area contributed by atoms with E-state index in [1.54, 1.807) is 4.90 Å². The Kier molecular flexibility index (Phi) is 8.96. The Balaban J connectivity index is 2.12. The first-order chi connectivity index (χ1) is 13.7. The Morgan fingerprint density at radius 1 is 1.28 bits per heavy atom. The molecular formula is C19H35N5O3S2. The number of sulfone groups is 1. The number of nitrogens with zero attached hydrogens (tertiary/aromatic N) is 5. The smallest absolute Gasteiger partial charge is 0.233 e. The normalized spacial score (nSPS) is 19.6. The lowest BCUT2D eigenvalue weighted by molar-refractivity contribution is -0.129. The molecule has 1 amide bonds. The third-order valence-corrected chi connectivity index (χ3v) is 8.13. The van der Waals surface area contributed by atoms with Gasteiger partial charge in [0.2, 0.25) is 5.91 Å². The number of aromatic nitrogens is 3. The minimum absolute atomic E-state index is 0.0363. The van der Waals surface area contributed by atoms with Gasteiger partial charge in [0, 0.05) is 19.1 Å². The molecule has 0 radical (unpaired) electrons. The van der Waals surface area contributed by atoms with E-state index in [2.05, 4.69) is 33.5 Å². The average Bonchev–Trinajstić information content (AvgIpc) is 3.22. The van der Waals surface area contributed by atoms with Crippen molar-refractivity contribution >= 4 is 27.5 Å². The number of rotatable bonds is 11. The molecule has 10 heteroatoms. The van der Waals surface area contributed by atoms with Crippen molar-refractivity contribution in [1.82, 2.24) is 24.6 Å². The van der Waals surface area contributed by atoms with Crippen molar-refractivity contribution in [3.05, 3.63) is 5.82 Å². The van der Waals surface area contributed by atoms with Crippen molar-refractivity contribution in [3.63, 3.8) is 0 Å². The first-order valence-electron chi connectivity index (χ1n) is 10.5. The lowest BCUT2D eigenvalue weighted by Gasteiger charge is -2.26. The van der Waals surface area contributed by atoms with Crippen molar-refractivity contribution in [3.8, 4) is 0 Å². The number of carbonyl (C=O) groups excluding carboxylic acids is 1. The highest BCUT2D eigenvalue weighted by atomic mass is 32.2. The third kappa shape index (κ3) is 6.18. The SMILES string of the molecule is CCCCn1c(SCC(=O)N(CC)[C@H]2CCS(=O)(=O)C2)nnc1[C@H](CC)N(C)C. The van der Waals surface area contributed by atoms with Gasteiger partial charge in [0.15, 0.2) is 20.8 Å². The van der Waals surface area contributed by atoms with E-state index in [4.69, 9.17) is 0 Å². The molecule has 0 aliphatic carbocycles. The van der Waals surface area contributed by atoms with Crippen molar-refractivity contribution in [2.24, 2.45) is 0 Å². The third-order valence-electron chi connectivity index (χ3n) is 5.42. The maximum atomic E-state index is 12.8. The van der Waals surface area contributed by atoms with E-state index in [-0.39, 0.29) is 35.2 Å². The monoisotopic (exact) mass is 445 g/mol. The minimum atomic E-state index is -3.02. The van der Waals surface area contributed by atoms with E-state index in [1.165, 1.54) is 11.8 Å². The van der Waals surface area contributed by atoms with Crippen LogP contribution in [0.5, 0.6) is 0 Å². The molecule has 0 bridgehead atoms. The molecule has 1 aliphatic heterocycles. The van der Waals surface area contributed by atoms with Gasteiger partial charge in [0.05, 0.1) is 23.3 Å². The Hall–Kier alpha value is -1.13. The molecule has 2 atom stereocenters. The van der Waals surface area contributed by atoms with Crippen LogP contribution >= 0.6 is 11.8 Å². The number of hydrogen-bond donors (Lipinski definition) is 0. The summed E-state index contributed by atoms with van der Waals surface area (Å²) in [4.78, 5) is 16.7. The molecule has 166 valence electrons. The highest BCUT2D eigenvalue weighted by Gasteiger charge is 2.34. The largest absolute Gasteiger partial charge is 0.338 e. The van der Waals surface area contributed by atoms with Crippen molar-refractivity contribution < 1.29 is 13.2 Å². The van der Waals surface area contributed by atoms with Gasteiger partial charge >= 0.3 is 0 Å². The first kappa shape index (κ1) is 24.1. The fraction of sp³-hybridized carbons (Fsp3) is 0.842. The topological polar surface area (TPSA) is 88.4 Å². The number of hydrogen-bond acceptors (Lipinski definition) is 7. The number of unbranched alkanes of at least 4 members (excludes halogenated alkanes) is 1. The van der Waals surface area contributed by atoms with E-state index in [0.29, 0.717) is 13.0 Å². The van der Waals surface area contributed by atoms with Crippen LogP contribution in [0.25, 0.3) is 0 Å². The molecule has 0 spiro atoms. The van der Waals surface area contributed by atoms with Crippen molar-refractivity contribution in [1.29, 1.82) is 0 Å². The van der Waals surface area contributed by atoms with Gasteiger partial charge in [-0.1, -0.05) is 32.0 Å². The van der Waals surface area contributed by atoms with Crippen LogP contribution in [0, 0.1) is 0 Å². The van der Waals surface area contributed by atoms with Crippen LogP contribution in [0.2, 0.25) is 0 Å². The van der Waals surface area contributed by atoms with Crippen LogP contribution in [0.4, 0.5) is 0 Å². The van der Waals surface area contributed by atoms with Crippen LogP contribution < -0.4 is 0 Å². The highest BCUT2D eigenvalue weighted by molar-refractivity contribution is 7.99. The number of thioether (sulfide) groups is 1. The summed E-state index contributed by atoms with van der Waals surface area (Å²) < 4.78 is 25.7. The molecule has 29 heavy (non-hydrogen) atoms. The number of carbonyl (C=O) groups is 1. The number of amides is 1. The summed E-state index contributed by atoms with van der Waals surface area (Å²) >= 11 is 1.40. The fourth-order valence-electron chi connectivity index (χ4n) is 3.83. The molecule has 8 nitrogen and oxygen atoms in total. The van der Waals surface area contributed by atoms with Gasteiger partial charge in [-0.05, 0) is 40.3 Å². The summed E-state index contributed by atoms with van der Waals surface area (Å²) in [6.45, 7) is 7.54. The molecule has 1 fully saturated rings. The lowest BCUT2D eigenvalue weighted by atomic mass is 10.2. The van der Waals surface area contributed by atoms with Gasteiger partial charge in [0.25, 0.3) is 0 Å². The Bertz CT molecular complexity index is 779. The van der Waals surface area contributed by atoms with Gasteiger partial charge in [-0.25, -0.2) is 8.42 Å². The summed E-state index contributed by atoms with van der Waals surface area (Å²) in [7, 11) is 1.06. The minimum Gasteiger partial charge on any atom is -0.338 e. The molecule has 1 aromatic rings. The quantitative estimate of drug-likeness (QED) is 0.483. The summed E-state index contributed by atoms with van der Waals surface area (Å²) in [5, 5.41) is 9.59. The highest BCUT2D eigenvalue weighted by Crippen LogP contribution is 2.26. The summed E-state index contributed by atoms with van der Waals surface area (Å²) in [6.07, 6.45) is 3.56. The second kappa shape index (κ2) is 10.8. The zero-order valence-corrected chi connectivity index (χ0v) is 19.9. The molecular weight excluding hydrogens is 410 g/mol. The van der Waals surface area contributed by atoms with Gasteiger partial charge in [0.1, 0.15) is 0 Å². The summed E-state index contributed by atoms with van der Waals surface area (Å²) in [6, 6.07) is -0.0231. The molecule has 0 unspecified atom stereocenters. The molecule has 0 N–H and O–H groups in total. The van der Waals surface area contributed by atoms with Gasteiger partial charge in [-0.15, -0.1) is 10.2 Å². The summed E-state index contributed by atoms with van der Waals surface area (Å²) in [5.74, 6) is 1.40. The predicted molar refractivity (Wildman–Crippen MR) is 117 cm³/mol. The molecule has 1 saturated heterocycles. The lowest BCUT2D eigenvalue weighted by Crippen LogP contribution is -2.42. The van der Waals surface area contributed by atoms with E-state index >= 15 is 0 Å². The van der Waals surface area contributed by atoms with Crippen LogP contribution in [-0.4, -0.2) is 82.8 Å². The molecule has 0 aromatic carbocycles. The molecule has 2 heterocycles. The van der Waals surface area contributed by atoms with Crippen molar-refractivity contribution in [2.45, 2.75) is 70.2 Å². The van der Waals surface area contributed by atoms with Crippen LogP contribution in [-0.2, 0) is 21.2 Å². The Morgan fingerprint density at radius 3 is 2.52 bits per heavy atom. The second-order valence-corrected chi connectivity index (χ2v) is 10.9. The Labute approximate surface area is 179 Å². The van der Waals surface area contributed by atoms with E-state index in [9.17, 15) is 13.2 Å². The van der Waals surface area contributed by atoms with E-state index in [0.717, 1.165) is 36.8 Å². The zero-order valence-electron chi connectivity index (χ0n) is 18.3. The van der Waals surface area contributed by atoms with Crippen LogP contribution in [0.15, 0.2) is 5.16 Å².